The van der Waals surface area contributed by atoms with E-state index < -0.39 is 0 Å². The van der Waals surface area contributed by atoms with E-state index in [1.165, 1.54) is 11.1 Å². The lowest BCUT2D eigenvalue weighted by Gasteiger charge is -2.35. The Labute approximate surface area is 108 Å². The number of rotatable bonds is 2. The quantitative estimate of drug-likeness (QED) is 0.877. The molecule has 0 bridgehead atoms. The molecule has 3 heteroatoms. The molecule has 0 spiro atoms. The Morgan fingerprint density at radius 2 is 2.22 bits per heavy atom. The fourth-order valence-electron chi connectivity index (χ4n) is 2.93. The fraction of sp³-hybridized carbons (Fsp3) is 0.400. The predicted molar refractivity (Wildman–Crippen MR) is 72.2 cm³/mol. The van der Waals surface area contributed by atoms with E-state index in [1.807, 2.05) is 10.9 Å². The number of aryl methyl sites for hydroxylation is 2. The first kappa shape index (κ1) is 11.5. The first-order chi connectivity index (χ1) is 8.74. The maximum absolute atomic E-state index is 6.71. The minimum absolute atomic E-state index is 0.359. The highest BCUT2D eigenvalue weighted by Gasteiger charge is 2.35. The highest BCUT2D eigenvalue weighted by molar-refractivity contribution is 5.43. The molecule has 1 atom stereocenters. The van der Waals surface area contributed by atoms with Crippen LogP contribution in [0.3, 0.4) is 0 Å². The summed E-state index contributed by atoms with van der Waals surface area (Å²) in [5, 5.41) is 4.36. The van der Waals surface area contributed by atoms with Crippen molar-refractivity contribution in [2.45, 2.75) is 38.3 Å². The molecule has 0 saturated heterocycles. The molecular weight excluding hydrogens is 222 g/mol. The van der Waals surface area contributed by atoms with Gasteiger partial charge in [0.25, 0.3) is 0 Å². The smallest absolute Gasteiger partial charge is 0.0699 e. The Morgan fingerprint density at radius 1 is 1.39 bits per heavy atom. The lowest BCUT2D eigenvalue weighted by Crippen LogP contribution is -2.40. The summed E-state index contributed by atoms with van der Waals surface area (Å²) in [6.45, 7) is 2.98. The second kappa shape index (κ2) is 4.25. The zero-order valence-electron chi connectivity index (χ0n) is 10.8. The Balaban J connectivity index is 2.10. The molecule has 0 saturated carbocycles. The van der Waals surface area contributed by atoms with Crippen molar-refractivity contribution >= 4 is 0 Å². The molecule has 3 nitrogen and oxygen atoms in total. The molecule has 0 radical (unpaired) electrons. The van der Waals surface area contributed by atoms with Gasteiger partial charge in [0.1, 0.15) is 0 Å². The Hall–Kier alpha value is -1.61. The van der Waals surface area contributed by atoms with Crippen molar-refractivity contribution in [3.63, 3.8) is 0 Å². The Morgan fingerprint density at radius 3 is 3.00 bits per heavy atom. The van der Waals surface area contributed by atoms with E-state index in [4.69, 9.17) is 5.73 Å². The molecule has 0 aliphatic heterocycles. The molecule has 3 rings (SSSR count). The molecular formula is C15H19N3. The van der Waals surface area contributed by atoms with Gasteiger partial charge in [-0.3, -0.25) is 4.68 Å². The Bertz CT molecular complexity index is 558. The average Bonchev–Trinajstić information content (AvgIpc) is 2.89. The van der Waals surface area contributed by atoms with Crippen LogP contribution in [0.5, 0.6) is 0 Å². The highest BCUT2D eigenvalue weighted by Crippen LogP contribution is 2.38. The van der Waals surface area contributed by atoms with Crippen LogP contribution in [0, 0.1) is 0 Å². The van der Waals surface area contributed by atoms with E-state index >= 15 is 0 Å². The SMILES string of the molecule is CCn1cc(C2(N)CCCc3ccccc32)cn1. The molecule has 1 aliphatic rings. The third kappa shape index (κ3) is 1.66. The van der Waals surface area contributed by atoms with Crippen molar-refractivity contribution in [2.75, 3.05) is 0 Å². The summed E-state index contributed by atoms with van der Waals surface area (Å²) >= 11 is 0. The van der Waals surface area contributed by atoms with Gasteiger partial charge in [0.05, 0.1) is 11.7 Å². The van der Waals surface area contributed by atoms with Crippen LogP contribution in [0.15, 0.2) is 36.7 Å². The zero-order valence-corrected chi connectivity index (χ0v) is 10.8. The van der Waals surface area contributed by atoms with E-state index in [-0.39, 0.29) is 5.54 Å². The van der Waals surface area contributed by atoms with E-state index in [1.54, 1.807) is 0 Å². The summed E-state index contributed by atoms with van der Waals surface area (Å²) in [7, 11) is 0. The van der Waals surface area contributed by atoms with Crippen molar-refractivity contribution in [1.82, 2.24) is 9.78 Å². The van der Waals surface area contributed by atoms with Gasteiger partial charge in [-0.2, -0.15) is 5.10 Å². The molecule has 1 heterocycles. The van der Waals surface area contributed by atoms with Crippen LogP contribution < -0.4 is 5.73 Å². The van der Waals surface area contributed by atoms with Gasteiger partial charge in [-0.25, -0.2) is 0 Å². The van der Waals surface area contributed by atoms with Crippen molar-refractivity contribution < 1.29 is 0 Å². The van der Waals surface area contributed by atoms with Crippen LogP contribution >= 0.6 is 0 Å². The summed E-state index contributed by atoms with van der Waals surface area (Å²) in [5.41, 5.74) is 10.1. The second-order valence-electron chi connectivity index (χ2n) is 5.07. The lowest BCUT2D eigenvalue weighted by molar-refractivity contribution is 0.442. The van der Waals surface area contributed by atoms with E-state index in [2.05, 4.69) is 42.5 Å². The minimum Gasteiger partial charge on any atom is -0.318 e. The maximum Gasteiger partial charge on any atom is 0.0699 e. The number of fused-ring (bicyclic) bond motifs is 1. The zero-order chi connectivity index (χ0) is 12.6. The molecule has 94 valence electrons. The van der Waals surface area contributed by atoms with Crippen molar-refractivity contribution in [1.29, 1.82) is 0 Å². The van der Waals surface area contributed by atoms with Crippen LogP contribution in [0.25, 0.3) is 0 Å². The van der Waals surface area contributed by atoms with E-state index in [9.17, 15) is 0 Å². The highest BCUT2D eigenvalue weighted by atomic mass is 15.3. The van der Waals surface area contributed by atoms with Gasteiger partial charge in [-0.15, -0.1) is 0 Å². The molecule has 0 fully saturated rings. The van der Waals surface area contributed by atoms with Gasteiger partial charge in [-0.05, 0) is 37.3 Å². The van der Waals surface area contributed by atoms with Crippen LogP contribution in [-0.4, -0.2) is 9.78 Å². The third-order valence-corrected chi connectivity index (χ3v) is 3.99. The summed E-state index contributed by atoms with van der Waals surface area (Å²) in [6, 6.07) is 8.54. The van der Waals surface area contributed by atoms with Gasteiger partial charge in [0.15, 0.2) is 0 Å². The van der Waals surface area contributed by atoms with Crippen LogP contribution in [0.2, 0.25) is 0 Å². The fourth-order valence-corrected chi connectivity index (χ4v) is 2.93. The van der Waals surface area contributed by atoms with E-state index in [0.717, 1.165) is 31.4 Å². The largest absolute Gasteiger partial charge is 0.318 e. The van der Waals surface area contributed by atoms with Crippen LogP contribution in [0.1, 0.15) is 36.5 Å². The third-order valence-electron chi connectivity index (χ3n) is 3.99. The van der Waals surface area contributed by atoms with Crippen molar-refractivity contribution in [2.24, 2.45) is 5.73 Å². The number of benzene rings is 1. The number of hydrogen-bond acceptors (Lipinski definition) is 2. The normalized spacial score (nSPS) is 22.8. The number of nitrogens with zero attached hydrogens (tertiary/aromatic N) is 2. The topological polar surface area (TPSA) is 43.8 Å². The second-order valence-corrected chi connectivity index (χ2v) is 5.07. The van der Waals surface area contributed by atoms with Crippen LogP contribution in [-0.2, 0) is 18.5 Å². The molecule has 0 amide bonds. The van der Waals surface area contributed by atoms with Gasteiger partial charge in [-0.1, -0.05) is 24.3 Å². The summed E-state index contributed by atoms with van der Waals surface area (Å²) in [4.78, 5) is 0. The first-order valence-electron chi connectivity index (χ1n) is 6.64. The minimum atomic E-state index is -0.359. The molecule has 2 N–H and O–H groups in total. The van der Waals surface area contributed by atoms with Crippen LogP contribution in [0.4, 0.5) is 0 Å². The number of aromatic nitrogens is 2. The molecule has 2 aromatic rings. The van der Waals surface area contributed by atoms with Crippen molar-refractivity contribution in [3.8, 4) is 0 Å². The number of nitrogens with two attached hydrogens (primary N) is 1. The molecule has 1 aromatic heterocycles. The molecule has 1 aliphatic carbocycles. The van der Waals surface area contributed by atoms with Gasteiger partial charge < -0.3 is 5.73 Å². The van der Waals surface area contributed by atoms with Crippen molar-refractivity contribution in [3.05, 3.63) is 53.3 Å². The van der Waals surface area contributed by atoms with Gasteiger partial charge in [0, 0.05) is 18.3 Å². The average molecular weight is 241 g/mol. The summed E-state index contributed by atoms with van der Waals surface area (Å²) < 4.78 is 1.95. The maximum atomic E-state index is 6.71. The lowest BCUT2D eigenvalue weighted by atomic mass is 9.74. The predicted octanol–water partition coefficient (Wildman–Crippen LogP) is 2.44. The van der Waals surface area contributed by atoms with Gasteiger partial charge >= 0.3 is 0 Å². The molecule has 1 unspecified atom stereocenters. The summed E-state index contributed by atoms with van der Waals surface area (Å²) in [5.74, 6) is 0. The number of hydrogen-bond donors (Lipinski definition) is 1. The summed E-state index contributed by atoms with van der Waals surface area (Å²) in [6.07, 6.45) is 7.29. The molecule has 1 aromatic carbocycles. The Kier molecular flexibility index (Phi) is 2.71. The monoisotopic (exact) mass is 241 g/mol. The molecule has 18 heavy (non-hydrogen) atoms. The first-order valence-corrected chi connectivity index (χ1v) is 6.64. The van der Waals surface area contributed by atoms with Gasteiger partial charge in [0.2, 0.25) is 0 Å². The standard InChI is InChI=1S/C15H19N3/c1-2-18-11-13(10-17-18)15(16)9-5-7-12-6-3-4-8-14(12)15/h3-4,6,8,10-11H,2,5,7,9,16H2,1H3. The van der Waals surface area contributed by atoms with E-state index in [0.29, 0.717) is 0 Å².